The number of thiazole rings is 1. The van der Waals surface area contributed by atoms with Crippen LogP contribution in [0.5, 0.6) is 5.88 Å². The number of fused-ring (bicyclic) bond motifs is 1. The summed E-state index contributed by atoms with van der Waals surface area (Å²) in [7, 11) is 0. The molecule has 2 heterocycles. The molecule has 0 fully saturated rings. The first-order valence-electron chi connectivity index (χ1n) is 5.04. The molecule has 0 amide bonds. The van der Waals surface area contributed by atoms with Gasteiger partial charge in [0.1, 0.15) is 6.20 Å². The Bertz CT molecular complexity index is 523. The number of ether oxygens (including phenoxy) is 1. The Hall–Kier alpha value is -1.28. The van der Waals surface area contributed by atoms with Crippen molar-refractivity contribution < 1.29 is 9.66 Å². The summed E-state index contributed by atoms with van der Waals surface area (Å²) in [5.41, 5.74) is 0. The number of aromatic nitrogens is 2. The van der Waals surface area contributed by atoms with Crippen molar-refractivity contribution >= 4 is 33.9 Å². The van der Waals surface area contributed by atoms with Crippen molar-refractivity contribution in [1.29, 1.82) is 0 Å². The van der Waals surface area contributed by atoms with Crippen molar-refractivity contribution in [3.63, 3.8) is 0 Å². The van der Waals surface area contributed by atoms with Gasteiger partial charge in [0.05, 0.1) is 6.61 Å². The predicted octanol–water partition coefficient (Wildman–Crippen LogP) is 2.44. The predicted molar refractivity (Wildman–Crippen MR) is 68.2 cm³/mol. The third-order valence-corrected chi connectivity index (χ3v) is 3.67. The molecule has 0 aliphatic heterocycles. The summed E-state index contributed by atoms with van der Waals surface area (Å²) in [6, 6.07) is 0. The normalized spacial score (nSPS) is 10.9. The number of hydrogen-bond donors (Lipinski definition) is 0. The van der Waals surface area contributed by atoms with E-state index in [1.165, 1.54) is 15.7 Å². The average molecular weight is 273 g/mol. The van der Waals surface area contributed by atoms with Gasteiger partial charge in [0, 0.05) is 11.1 Å². The molecule has 0 unspecified atom stereocenters. The first-order chi connectivity index (χ1) is 8.24. The van der Waals surface area contributed by atoms with Gasteiger partial charge in [0.25, 0.3) is 4.96 Å². The fraction of sp³-hybridized carbons (Fsp3) is 0.444. The number of nitro groups is 1. The highest BCUT2D eigenvalue weighted by atomic mass is 32.2. The summed E-state index contributed by atoms with van der Waals surface area (Å²) < 4.78 is 6.79. The third kappa shape index (κ3) is 2.52. The molecule has 0 N–H and O–H groups in total. The van der Waals surface area contributed by atoms with E-state index in [9.17, 15) is 10.1 Å². The minimum absolute atomic E-state index is 0.0947. The molecule has 0 aliphatic carbocycles. The second-order valence-corrected chi connectivity index (χ2v) is 5.37. The van der Waals surface area contributed by atoms with E-state index in [-0.39, 0.29) is 11.7 Å². The molecular weight excluding hydrogens is 262 g/mol. The van der Waals surface area contributed by atoms with Crippen LogP contribution in [0.3, 0.4) is 0 Å². The summed E-state index contributed by atoms with van der Waals surface area (Å²) in [5, 5.41) is 12.7. The molecule has 17 heavy (non-hydrogen) atoms. The van der Waals surface area contributed by atoms with Crippen molar-refractivity contribution in [2.75, 3.05) is 18.1 Å². The molecule has 92 valence electrons. The Labute approximate surface area is 106 Å². The van der Waals surface area contributed by atoms with Crippen molar-refractivity contribution in [2.45, 2.75) is 6.92 Å². The molecule has 0 radical (unpaired) electrons. The average Bonchev–Trinajstić information content (AvgIpc) is 2.83. The smallest absolute Gasteiger partial charge is 0.393 e. The Morgan fingerprint density at radius 3 is 3.24 bits per heavy atom. The quantitative estimate of drug-likeness (QED) is 0.459. The summed E-state index contributed by atoms with van der Waals surface area (Å²) >= 11 is 3.07. The monoisotopic (exact) mass is 273 g/mol. The van der Waals surface area contributed by atoms with Crippen LogP contribution in [0.1, 0.15) is 6.92 Å². The number of imidazole rings is 1. The standard InChI is InChI=1S/C9H11N3O3S2/c1-2-16-6-4-15-7-8(12(13)14)11-3-5-17-9(11)10-7/h3,5H,2,4,6H2,1H3. The lowest BCUT2D eigenvalue weighted by Gasteiger charge is -2.01. The van der Waals surface area contributed by atoms with Crippen LogP contribution in [-0.2, 0) is 0 Å². The SMILES string of the molecule is CCSCCOc1nc2sccn2c1[N+](=O)[O-]. The van der Waals surface area contributed by atoms with Crippen LogP contribution in [0.25, 0.3) is 4.96 Å². The van der Waals surface area contributed by atoms with Gasteiger partial charge in [-0.05, 0) is 10.7 Å². The molecule has 0 bridgehead atoms. The molecule has 2 aromatic heterocycles. The van der Waals surface area contributed by atoms with Gasteiger partial charge in [-0.3, -0.25) is 0 Å². The topological polar surface area (TPSA) is 69.7 Å². The lowest BCUT2D eigenvalue weighted by atomic mass is 10.7. The van der Waals surface area contributed by atoms with Crippen LogP contribution in [0.15, 0.2) is 11.6 Å². The second-order valence-electron chi connectivity index (χ2n) is 3.10. The van der Waals surface area contributed by atoms with Crippen molar-refractivity contribution in [2.24, 2.45) is 0 Å². The third-order valence-electron chi connectivity index (χ3n) is 2.05. The molecule has 0 saturated heterocycles. The number of rotatable bonds is 6. The number of hydrogen-bond acceptors (Lipinski definition) is 6. The van der Waals surface area contributed by atoms with E-state index < -0.39 is 4.92 Å². The molecule has 0 aliphatic rings. The van der Waals surface area contributed by atoms with Gasteiger partial charge in [0.2, 0.25) is 0 Å². The van der Waals surface area contributed by atoms with E-state index in [4.69, 9.17) is 4.74 Å². The lowest BCUT2D eigenvalue weighted by Crippen LogP contribution is -2.03. The van der Waals surface area contributed by atoms with Crippen LogP contribution < -0.4 is 4.74 Å². The molecular formula is C9H11N3O3S2. The zero-order chi connectivity index (χ0) is 12.3. The van der Waals surface area contributed by atoms with E-state index in [0.717, 1.165) is 11.5 Å². The maximum atomic E-state index is 10.9. The van der Waals surface area contributed by atoms with E-state index >= 15 is 0 Å². The van der Waals surface area contributed by atoms with Crippen LogP contribution in [0.2, 0.25) is 0 Å². The van der Waals surface area contributed by atoms with Crippen molar-refractivity contribution in [3.05, 3.63) is 21.7 Å². The highest BCUT2D eigenvalue weighted by molar-refractivity contribution is 7.99. The number of nitrogens with zero attached hydrogens (tertiary/aromatic N) is 3. The fourth-order valence-corrected chi connectivity index (χ4v) is 2.55. The Morgan fingerprint density at radius 1 is 1.71 bits per heavy atom. The zero-order valence-corrected chi connectivity index (χ0v) is 10.8. The number of thioether (sulfide) groups is 1. The molecule has 6 nitrogen and oxygen atoms in total. The molecule has 0 atom stereocenters. The van der Waals surface area contributed by atoms with Gasteiger partial charge in [-0.2, -0.15) is 21.1 Å². The van der Waals surface area contributed by atoms with Gasteiger partial charge in [-0.25, -0.2) is 0 Å². The highest BCUT2D eigenvalue weighted by Crippen LogP contribution is 2.29. The minimum Gasteiger partial charge on any atom is -0.471 e. The van der Waals surface area contributed by atoms with Crippen LogP contribution in [-0.4, -0.2) is 32.4 Å². The van der Waals surface area contributed by atoms with Gasteiger partial charge < -0.3 is 14.9 Å². The first kappa shape index (κ1) is 12.2. The summed E-state index contributed by atoms with van der Waals surface area (Å²) in [4.78, 5) is 15.2. The van der Waals surface area contributed by atoms with Gasteiger partial charge in [-0.1, -0.05) is 18.3 Å². The first-order valence-corrected chi connectivity index (χ1v) is 7.08. The maximum absolute atomic E-state index is 10.9. The zero-order valence-electron chi connectivity index (χ0n) is 9.16. The minimum atomic E-state index is -0.463. The largest absolute Gasteiger partial charge is 0.471 e. The fourth-order valence-electron chi connectivity index (χ4n) is 1.36. The molecule has 2 aromatic rings. The van der Waals surface area contributed by atoms with Gasteiger partial charge in [0.15, 0.2) is 0 Å². The summed E-state index contributed by atoms with van der Waals surface area (Å²) in [5.74, 6) is 1.82. The Kier molecular flexibility index (Phi) is 3.85. The molecule has 0 saturated carbocycles. The van der Waals surface area contributed by atoms with Crippen LogP contribution in [0, 0.1) is 10.1 Å². The molecule has 0 aromatic carbocycles. The summed E-state index contributed by atoms with van der Waals surface area (Å²) in [6.45, 7) is 2.49. The van der Waals surface area contributed by atoms with Crippen LogP contribution >= 0.6 is 23.1 Å². The van der Waals surface area contributed by atoms with Gasteiger partial charge >= 0.3 is 11.7 Å². The van der Waals surface area contributed by atoms with Gasteiger partial charge in [-0.15, -0.1) is 0 Å². The molecule has 0 spiro atoms. The maximum Gasteiger partial charge on any atom is 0.393 e. The van der Waals surface area contributed by atoms with E-state index in [0.29, 0.717) is 11.6 Å². The molecule has 2 rings (SSSR count). The van der Waals surface area contributed by atoms with E-state index in [1.807, 2.05) is 0 Å². The second kappa shape index (κ2) is 5.37. The molecule has 8 heteroatoms. The van der Waals surface area contributed by atoms with E-state index in [2.05, 4.69) is 11.9 Å². The summed E-state index contributed by atoms with van der Waals surface area (Å²) in [6.07, 6.45) is 1.62. The van der Waals surface area contributed by atoms with Crippen molar-refractivity contribution in [1.82, 2.24) is 9.38 Å². The van der Waals surface area contributed by atoms with E-state index in [1.54, 1.807) is 23.3 Å². The Balaban J connectivity index is 2.17. The highest BCUT2D eigenvalue weighted by Gasteiger charge is 2.24. The Morgan fingerprint density at radius 2 is 2.53 bits per heavy atom. The van der Waals surface area contributed by atoms with Crippen molar-refractivity contribution in [3.8, 4) is 5.88 Å². The lowest BCUT2D eigenvalue weighted by molar-refractivity contribution is -0.391. The van der Waals surface area contributed by atoms with Crippen LogP contribution in [0.4, 0.5) is 5.82 Å².